The van der Waals surface area contributed by atoms with Gasteiger partial charge in [-0.25, -0.2) is 0 Å². The second-order valence-corrected chi connectivity index (χ2v) is 6.00. The van der Waals surface area contributed by atoms with Gasteiger partial charge in [0.05, 0.1) is 38.8 Å². The maximum Gasteiger partial charge on any atom is 0.310 e. The molecule has 0 bridgehead atoms. The van der Waals surface area contributed by atoms with Gasteiger partial charge in [-0.3, -0.25) is 9.59 Å². The lowest BCUT2D eigenvalue weighted by molar-refractivity contribution is -0.165. The first kappa shape index (κ1) is 24.5. The number of carbonyl (C=O) groups excluding carboxylic acids is 2. The van der Waals surface area contributed by atoms with E-state index in [1.807, 2.05) is 6.08 Å². The van der Waals surface area contributed by atoms with Crippen LogP contribution in [-0.4, -0.2) is 71.0 Å². The molecule has 0 radical (unpaired) electrons. The summed E-state index contributed by atoms with van der Waals surface area (Å²) < 4.78 is 9.86. The molecule has 1 unspecified atom stereocenters. The molecule has 8 nitrogen and oxygen atoms in total. The van der Waals surface area contributed by atoms with Crippen molar-refractivity contribution >= 4 is 11.9 Å². The molecule has 1 atom stereocenters. The number of carbonyl (C=O) groups is 2. The van der Waals surface area contributed by atoms with Crippen LogP contribution in [0.5, 0.6) is 0 Å². The van der Waals surface area contributed by atoms with Crippen molar-refractivity contribution in [2.75, 3.05) is 26.4 Å². The quantitative estimate of drug-likeness (QED) is 0.182. The smallest absolute Gasteiger partial charge is 0.310 e. The van der Waals surface area contributed by atoms with E-state index in [2.05, 4.69) is 6.92 Å². The van der Waals surface area contributed by atoms with Crippen molar-refractivity contribution < 1.29 is 39.5 Å². The normalized spacial score (nSPS) is 12.7. The van der Waals surface area contributed by atoms with Crippen LogP contribution in [0.15, 0.2) is 12.2 Å². The van der Waals surface area contributed by atoms with Gasteiger partial charge >= 0.3 is 11.9 Å². The molecular weight excluding hydrogens is 344 g/mol. The largest absolute Gasteiger partial charge is 0.457 e. The molecule has 0 fully saturated rings. The highest BCUT2D eigenvalue weighted by molar-refractivity contribution is 5.80. The van der Waals surface area contributed by atoms with Crippen molar-refractivity contribution in [1.82, 2.24) is 0 Å². The molecule has 0 saturated heterocycles. The fourth-order valence-electron chi connectivity index (χ4n) is 2.11. The standard InChI is InChI=1S/C18H32O8/c1-2-3-4-5-6-7-8-14(18(24)26-16(12-21)13-22)9-17(23)25-15(10-19)11-20/h6-7,14-16,19-22H,2-5,8-13H2,1H3/b7-6+. The van der Waals surface area contributed by atoms with E-state index in [9.17, 15) is 9.59 Å². The predicted molar refractivity (Wildman–Crippen MR) is 94.1 cm³/mol. The fraction of sp³-hybridized carbons (Fsp3) is 0.778. The molecule has 26 heavy (non-hydrogen) atoms. The number of aliphatic hydroxyl groups excluding tert-OH is 4. The first-order valence-corrected chi connectivity index (χ1v) is 9.00. The zero-order chi connectivity index (χ0) is 19.8. The van der Waals surface area contributed by atoms with E-state index in [0.29, 0.717) is 0 Å². The Labute approximate surface area is 154 Å². The van der Waals surface area contributed by atoms with Crippen LogP contribution in [-0.2, 0) is 19.1 Å². The molecule has 0 aliphatic heterocycles. The minimum atomic E-state index is -1.04. The number of allylic oxidation sites excluding steroid dienone is 2. The van der Waals surface area contributed by atoms with Gasteiger partial charge in [0.1, 0.15) is 12.2 Å². The molecule has 4 N–H and O–H groups in total. The summed E-state index contributed by atoms with van der Waals surface area (Å²) >= 11 is 0. The average molecular weight is 376 g/mol. The van der Waals surface area contributed by atoms with Gasteiger partial charge in [0.2, 0.25) is 0 Å². The third-order valence-electron chi connectivity index (χ3n) is 3.70. The van der Waals surface area contributed by atoms with Crippen molar-refractivity contribution in [3.8, 4) is 0 Å². The SMILES string of the molecule is CCCCC/C=C/CC(CC(=O)OC(CO)CO)C(=O)OC(CO)CO. The molecule has 0 aliphatic rings. The number of aliphatic hydroxyl groups is 4. The van der Waals surface area contributed by atoms with Crippen LogP contribution in [0.3, 0.4) is 0 Å². The van der Waals surface area contributed by atoms with Crippen LogP contribution in [0.1, 0.15) is 45.4 Å². The Hall–Kier alpha value is -1.48. The van der Waals surface area contributed by atoms with Crippen LogP contribution in [0, 0.1) is 5.92 Å². The minimum absolute atomic E-state index is 0.243. The summed E-state index contributed by atoms with van der Waals surface area (Å²) in [5.74, 6) is -2.31. The van der Waals surface area contributed by atoms with E-state index < -0.39 is 56.5 Å². The lowest BCUT2D eigenvalue weighted by atomic mass is 10.0. The van der Waals surface area contributed by atoms with Gasteiger partial charge < -0.3 is 29.9 Å². The Morgan fingerprint density at radius 2 is 1.46 bits per heavy atom. The molecule has 0 aromatic rings. The second kappa shape index (κ2) is 15.7. The third kappa shape index (κ3) is 11.2. The van der Waals surface area contributed by atoms with Gasteiger partial charge in [0.15, 0.2) is 0 Å². The van der Waals surface area contributed by atoms with Gasteiger partial charge in [-0.1, -0.05) is 31.9 Å². The molecule has 8 heteroatoms. The molecule has 0 aromatic heterocycles. The molecule has 0 saturated carbocycles. The highest BCUT2D eigenvalue weighted by Gasteiger charge is 2.26. The summed E-state index contributed by atoms with van der Waals surface area (Å²) in [6.07, 6.45) is 5.71. The number of esters is 2. The van der Waals surface area contributed by atoms with E-state index in [1.54, 1.807) is 6.08 Å². The van der Waals surface area contributed by atoms with Gasteiger partial charge in [-0.2, -0.15) is 0 Å². The number of hydrogen-bond acceptors (Lipinski definition) is 8. The lowest BCUT2D eigenvalue weighted by Crippen LogP contribution is -2.32. The highest BCUT2D eigenvalue weighted by atomic mass is 16.6. The summed E-state index contributed by atoms with van der Waals surface area (Å²) in [6.45, 7) is 0.0103. The third-order valence-corrected chi connectivity index (χ3v) is 3.70. The first-order valence-electron chi connectivity index (χ1n) is 9.00. The van der Waals surface area contributed by atoms with E-state index in [4.69, 9.17) is 29.9 Å². The summed E-state index contributed by atoms with van der Waals surface area (Å²) in [5, 5.41) is 35.9. The Morgan fingerprint density at radius 1 is 0.885 bits per heavy atom. The molecule has 0 rings (SSSR count). The van der Waals surface area contributed by atoms with Crippen molar-refractivity contribution in [1.29, 1.82) is 0 Å². The van der Waals surface area contributed by atoms with E-state index in [0.717, 1.165) is 25.7 Å². The van der Waals surface area contributed by atoms with Gasteiger partial charge in [0.25, 0.3) is 0 Å². The minimum Gasteiger partial charge on any atom is -0.457 e. The molecule has 0 amide bonds. The Kier molecular flexibility index (Phi) is 14.9. The summed E-state index contributed by atoms with van der Waals surface area (Å²) in [6, 6.07) is 0. The van der Waals surface area contributed by atoms with Crippen molar-refractivity contribution in [3.63, 3.8) is 0 Å². The fourth-order valence-corrected chi connectivity index (χ4v) is 2.11. The van der Waals surface area contributed by atoms with Crippen molar-refractivity contribution in [3.05, 3.63) is 12.2 Å². The second-order valence-electron chi connectivity index (χ2n) is 6.00. The van der Waals surface area contributed by atoms with Gasteiger partial charge in [-0.15, -0.1) is 0 Å². The monoisotopic (exact) mass is 376 g/mol. The number of ether oxygens (including phenoxy) is 2. The average Bonchev–Trinajstić information content (AvgIpc) is 2.65. The maximum absolute atomic E-state index is 12.2. The molecule has 0 aliphatic carbocycles. The highest BCUT2D eigenvalue weighted by Crippen LogP contribution is 2.16. The lowest BCUT2D eigenvalue weighted by Gasteiger charge is -2.19. The molecular formula is C18H32O8. The number of hydrogen-bond donors (Lipinski definition) is 4. The molecule has 0 spiro atoms. The van der Waals surface area contributed by atoms with Gasteiger partial charge in [0, 0.05) is 0 Å². The van der Waals surface area contributed by atoms with Crippen LogP contribution in [0.25, 0.3) is 0 Å². The number of rotatable bonds is 15. The summed E-state index contributed by atoms with van der Waals surface area (Å²) in [4.78, 5) is 24.1. The first-order chi connectivity index (χ1) is 12.5. The van der Waals surface area contributed by atoms with Crippen LogP contribution >= 0.6 is 0 Å². The van der Waals surface area contributed by atoms with Crippen LogP contribution in [0.4, 0.5) is 0 Å². The van der Waals surface area contributed by atoms with E-state index in [-0.39, 0.29) is 12.8 Å². The zero-order valence-electron chi connectivity index (χ0n) is 15.4. The van der Waals surface area contributed by atoms with Gasteiger partial charge in [-0.05, 0) is 19.3 Å². The molecule has 152 valence electrons. The zero-order valence-corrected chi connectivity index (χ0v) is 15.4. The summed E-state index contributed by atoms with van der Waals surface area (Å²) in [5.41, 5.74) is 0. The van der Waals surface area contributed by atoms with Crippen LogP contribution in [0.2, 0.25) is 0 Å². The van der Waals surface area contributed by atoms with Crippen LogP contribution < -0.4 is 0 Å². The van der Waals surface area contributed by atoms with Crippen molar-refractivity contribution in [2.24, 2.45) is 5.92 Å². The number of unbranched alkanes of at least 4 members (excludes halogenated alkanes) is 3. The Morgan fingerprint density at radius 3 is 2.00 bits per heavy atom. The van der Waals surface area contributed by atoms with E-state index >= 15 is 0 Å². The Bertz CT molecular complexity index is 402. The summed E-state index contributed by atoms with van der Waals surface area (Å²) in [7, 11) is 0. The molecule has 0 aromatic carbocycles. The van der Waals surface area contributed by atoms with E-state index in [1.165, 1.54) is 0 Å². The topological polar surface area (TPSA) is 134 Å². The van der Waals surface area contributed by atoms with Crippen molar-refractivity contribution in [2.45, 2.75) is 57.7 Å². The Balaban J connectivity index is 4.75. The molecule has 0 heterocycles. The predicted octanol–water partition coefficient (Wildman–Crippen LogP) is 0.312. The maximum atomic E-state index is 12.2.